The second-order valence-corrected chi connectivity index (χ2v) is 7.20. The number of rotatable bonds is 6. The predicted molar refractivity (Wildman–Crippen MR) is 75.8 cm³/mol. The Morgan fingerprint density at radius 1 is 1.47 bits per heavy atom. The van der Waals surface area contributed by atoms with Crippen molar-refractivity contribution < 1.29 is 4.79 Å². The van der Waals surface area contributed by atoms with Crippen LogP contribution in [0.3, 0.4) is 0 Å². The van der Waals surface area contributed by atoms with E-state index in [9.17, 15) is 4.79 Å². The Morgan fingerprint density at radius 3 is 3.00 bits per heavy atom. The highest BCUT2D eigenvalue weighted by molar-refractivity contribution is 8.01. The second-order valence-electron chi connectivity index (χ2n) is 3.20. The van der Waals surface area contributed by atoms with E-state index in [1.807, 2.05) is 17.5 Å². The minimum Gasteiger partial charge on any atom is -0.293 e. The summed E-state index contributed by atoms with van der Waals surface area (Å²) in [6.45, 7) is 0. The summed E-state index contributed by atoms with van der Waals surface area (Å²) in [7, 11) is 0. The number of thiophene rings is 1. The zero-order valence-corrected chi connectivity index (χ0v) is 12.2. The summed E-state index contributed by atoms with van der Waals surface area (Å²) in [6, 6.07) is 3.78. The molecular formula is C10H10N2OS4. The smallest absolute Gasteiger partial charge is 0.175 e. The molecule has 2 rings (SSSR count). The normalized spacial score (nSPS) is 10.6. The fraction of sp³-hybridized carbons (Fsp3) is 0.300. The number of aromatic nitrogens is 2. The monoisotopic (exact) mass is 302 g/mol. The van der Waals surface area contributed by atoms with Crippen molar-refractivity contribution in [3.63, 3.8) is 0 Å². The Kier molecular flexibility index (Phi) is 5.02. The molecule has 0 unspecified atom stereocenters. The summed E-state index contributed by atoms with van der Waals surface area (Å²) in [6.07, 6.45) is 1.46. The van der Waals surface area contributed by atoms with Crippen LogP contribution >= 0.6 is 47.1 Å². The van der Waals surface area contributed by atoms with Crippen LogP contribution < -0.4 is 0 Å². The third-order valence-electron chi connectivity index (χ3n) is 1.97. The maximum absolute atomic E-state index is 11.7. The Labute approximate surface area is 117 Å². The van der Waals surface area contributed by atoms with Crippen LogP contribution in [0.5, 0.6) is 0 Å². The highest BCUT2D eigenvalue weighted by Gasteiger charge is 2.07. The van der Waals surface area contributed by atoms with Gasteiger partial charge in [-0.15, -0.1) is 34.2 Å². The first-order valence-corrected chi connectivity index (χ1v) is 8.10. The maximum Gasteiger partial charge on any atom is 0.175 e. The molecule has 0 aliphatic carbocycles. The molecule has 0 fully saturated rings. The molecule has 2 aromatic rings. The molecule has 0 bridgehead atoms. The molecule has 2 heterocycles. The number of carbonyl (C=O) groups is 1. The zero-order chi connectivity index (χ0) is 12.1. The van der Waals surface area contributed by atoms with Crippen LogP contribution in [0.4, 0.5) is 0 Å². The van der Waals surface area contributed by atoms with Gasteiger partial charge in [-0.25, -0.2) is 0 Å². The van der Waals surface area contributed by atoms with Crippen molar-refractivity contribution in [3.8, 4) is 0 Å². The zero-order valence-electron chi connectivity index (χ0n) is 8.83. The lowest BCUT2D eigenvalue weighted by molar-refractivity contribution is 0.0986. The van der Waals surface area contributed by atoms with Gasteiger partial charge in [-0.3, -0.25) is 4.79 Å². The van der Waals surface area contributed by atoms with Crippen LogP contribution in [-0.2, 0) is 0 Å². The molecule has 0 N–H and O–H groups in total. The fourth-order valence-corrected chi connectivity index (χ4v) is 4.00. The average Bonchev–Trinajstić information content (AvgIpc) is 2.95. The van der Waals surface area contributed by atoms with Crippen molar-refractivity contribution in [2.45, 2.75) is 21.5 Å². The van der Waals surface area contributed by atoms with Crippen molar-refractivity contribution in [2.24, 2.45) is 0 Å². The first-order valence-electron chi connectivity index (χ1n) is 4.97. The fourth-order valence-electron chi connectivity index (χ4n) is 1.21. The van der Waals surface area contributed by atoms with E-state index in [1.54, 1.807) is 11.8 Å². The third-order valence-corrected chi connectivity index (χ3v) is 5.19. The third kappa shape index (κ3) is 4.09. The van der Waals surface area contributed by atoms with Crippen molar-refractivity contribution >= 4 is 52.8 Å². The molecule has 90 valence electrons. The number of thioether (sulfide) groups is 1. The SMILES string of the molecule is O=C(CCCSc1nnc(S)s1)c1cccs1. The van der Waals surface area contributed by atoms with Crippen LogP contribution in [0.15, 0.2) is 26.2 Å². The van der Waals surface area contributed by atoms with E-state index in [0.29, 0.717) is 10.8 Å². The molecule has 7 heteroatoms. The molecule has 0 amide bonds. The highest BCUT2D eigenvalue weighted by Crippen LogP contribution is 2.25. The van der Waals surface area contributed by atoms with Gasteiger partial charge in [0.1, 0.15) is 0 Å². The molecule has 0 spiro atoms. The molecule has 0 saturated heterocycles. The Bertz CT molecular complexity index is 480. The average molecular weight is 302 g/mol. The maximum atomic E-state index is 11.7. The van der Waals surface area contributed by atoms with E-state index in [2.05, 4.69) is 22.8 Å². The van der Waals surface area contributed by atoms with Crippen LogP contribution in [0, 0.1) is 0 Å². The second kappa shape index (κ2) is 6.53. The molecule has 0 aliphatic rings. The Hall–Kier alpha value is -0.370. The van der Waals surface area contributed by atoms with Crippen LogP contribution in [0.25, 0.3) is 0 Å². The summed E-state index contributed by atoms with van der Waals surface area (Å²) in [4.78, 5) is 12.5. The van der Waals surface area contributed by atoms with Gasteiger partial charge in [0.25, 0.3) is 0 Å². The van der Waals surface area contributed by atoms with Crippen molar-refractivity contribution in [3.05, 3.63) is 22.4 Å². The number of thiol groups is 1. The molecule has 17 heavy (non-hydrogen) atoms. The molecule has 2 aromatic heterocycles. The number of carbonyl (C=O) groups excluding carboxylic acids is 1. The molecule has 0 radical (unpaired) electrons. The summed E-state index contributed by atoms with van der Waals surface area (Å²) < 4.78 is 1.60. The largest absolute Gasteiger partial charge is 0.293 e. The van der Waals surface area contributed by atoms with Crippen molar-refractivity contribution in [1.82, 2.24) is 10.2 Å². The lowest BCUT2D eigenvalue weighted by Gasteiger charge is -1.97. The molecule has 0 aromatic carbocycles. The number of Topliss-reactive ketones (excluding diaryl/α,β-unsaturated/α-hetero) is 1. The standard InChI is InChI=1S/C10H10N2OS4/c13-7(8-4-2-5-15-8)3-1-6-16-10-12-11-9(14)17-10/h2,4-5H,1,3,6H2,(H,11,14). The van der Waals surface area contributed by atoms with Gasteiger partial charge in [0, 0.05) is 12.2 Å². The van der Waals surface area contributed by atoms with E-state index >= 15 is 0 Å². The summed E-state index contributed by atoms with van der Waals surface area (Å²) in [5, 5.41) is 9.70. The highest BCUT2D eigenvalue weighted by atomic mass is 32.2. The molecular weight excluding hydrogens is 292 g/mol. The van der Waals surface area contributed by atoms with E-state index in [-0.39, 0.29) is 5.78 Å². The summed E-state index contributed by atoms with van der Waals surface area (Å²) >= 11 is 8.70. The van der Waals surface area contributed by atoms with E-state index in [0.717, 1.165) is 21.4 Å². The summed E-state index contributed by atoms with van der Waals surface area (Å²) in [5.74, 6) is 1.12. The van der Waals surface area contributed by atoms with E-state index in [1.165, 1.54) is 22.7 Å². The van der Waals surface area contributed by atoms with Crippen LogP contribution in [0.2, 0.25) is 0 Å². The lowest BCUT2D eigenvalue weighted by atomic mass is 10.2. The van der Waals surface area contributed by atoms with Crippen LogP contribution in [0.1, 0.15) is 22.5 Å². The number of hydrogen-bond donors (Lipinski definition) is 1. The number of hydrogen-bond acceptors (Lipinski definition) is 7. The van der Waals surface area contributed by atoms with Gasteiger partial charge in [0.15, 0.2) is 14.5 Å². The van der Waals surface area contributed by atoms with Gasteiger partial charge in [-0.2, -0.15) is 0 Å². The van der Waals surface area contributed by atoms with Crippen LogP contribution in [-0.4, -0.2) is 21.7 Å². The quantitative estimate of drug-likeness (QED) is 0.383. The molecule has 3 nitrogen and oxygen atoms in total. The van der Waals surface area contributed by atoms with Gasteiger partial charge in [0.05, 0.1) is 4.88 Å². The van der Waals surface area contributed by atoms with E-state index in [4.69, 9.17) is 0 Å². The van der Waals surface area contributed by atoms with Gasteiger partial charge < -0.3 is 0 Å². The number of ketones is 1. The lowest BCUT2D eigenvalue weighted by Crippen LogP contribution is -1.96. The van der Waals surface area contributed by atoms with E-state index < -0.39 is 0 Å². The first-order chi connectivity index (χ1) is 8.25. The minimum atomic E-state index is 0.229. The van der Waals surface area contributed by atoms with Gasteiger partial charge >= 0.3 is 0 Å². The predicted octanol–water partition coefficient (Wildman–Crippen LogP) is 3.64. The van der Waals surface area contributed by atoms with Gasteiger partial charge in [0.2, 0.25) is 0 Å². The minimum absolute atomic E-state index is 0.229. The van der Waals surface area contributed by atoms with Crippen molar-refractivity contribution in [2.75, 3.05) is 5.75 Å². The summed E-state index contributed by atoms with van der Waals surface area (Å²) in [5.41, 5.74) is 0. The van der Waals surface area contributed by atoms with Crippen molar-refractivity contribution in [1.29, 1.82) is 0 Å². The number of nitrogens with zero attached hydrogens (tertiary/aromatic N) is 2. The Morgan fingerprint density at radius 2 is 2.35 bits per heavy atom. The Balaban J connectivity index is 1.68. The molecule has 0 atom stereocenters. The van der Waals surface area contributed by atoms with Gasteiger partial charge in [-0.05, 0) is 17.9 Å². The molecule has 0 saturated carbocycles. The topological polar surface area (TPSA) is 42.9 Å². The molecule has 0 aliphatic heterocycles. The van der Waals surface area contributed by atoms with Gasteiger partial charge in [-0.1, -0.05) is 29.2 Å². The first kappa shape index (κ1) is 13.1.